The van der Waals surface area contributed by atoms with E-state index in [1.54, 1.807) is 26.2 Å². The second-order valence-electron chi connectivity index (χ2n) is 12.3. The number of nitrogens with zero attached hydrogens (tertiary/aromatic N) is 7. The van der Waals surface area contributed by atoms with Crippen LogP contribution in [0.25, 0.3) is 22.0 Å². The summed E-state index contributed by atoms with van der Waals surface area (Å²) in [5.74, 6) is 5.62. The van der Waals surface area contributed by atoms with Crippen molar-refractivity contribution >= 4 is 50.2 Å². The van der Waals surface area contributed by atoms with Gasteiger partial charge in [-0.05, 0) is 92.1 Å². The predicted octanol–water partition coefficient (Wildman–Crippen LogP) is 4.09. The van der Waals surface area contributed by atoms with Crippen LogP contribution >= 0.6 is 15.9 Å². The molecule has 1 aliphatic heterocycles. The molecule has 3 aromatic heterocycles. The standard InChI is InChI=1S/C33H32BrFN8O3/c1-17-9-21(22-13-36-20(4)37-14-22)11-23-28(19(3)44)40-42(29(17)23)15-27(45)43-25(12-33(16-41(5)6)8-7-26(33)43)32(46)39-31-18(2)10-24(35)30(34)38-31/h9-11,13-14,25-26H,12,15-16H2,1-6H3,(H,38,39,46)/t25-,26+,33+/m0/s1. The first-order valence-electron chi connectivity index (χ1n) is 14.7. The molecule has 3 atom stereocenters. The molecule has 236 valence electrons. The monoisotopic (exact) mass is 686 g/mol. The highest BCUT2D eigenvalue weighted by molar-refractivity contribution is 9.10. The SMILES string of the molecule is CC(=O)c1nn(CC(=O)N2[C@H](C(=O)Nc3nc(Br)c(F)cc3C)C[C@@]3(CN(C)C)C#C[C@@H]23)c2c(C)cc(-c3cnc(C)nc3)cc12. The first-order chi connectivity index (χ1) is 21.8. The number of nitrogens with one attached hydrogen (secondary N) is 1. The van der Waals surface area contributed by atoms with Crippen molar-refractivity contribution < 1.29 is 18.8 Å². The van der Waals surface area contributed by atoms with E-state index in [-0.39, 0.29) is 34.4 Å². The maximum absolute atomic E-state index is 14.2. The molecular formula is C33H32BrFN8O3. The van der Waals surface area contributed by atoms with Crippen molar-refractivity contribution in [2.24, 2.45) is 5.41 Å². The van der Waals surface area contributed by atoms with Crippen LogP contribution in [0.15, 0.2) is 35.2 Å². The Bertz CT molecular complexity index is 2000. The minimum absolute atomic E-state index is 0.0273. The third-order valence-electron chi connectivity index (χ3n) is 8.47. The summed E-state index contributed by atoms with van der Waals surface area (Å²) in [6, 6.07) is 3.72. The van der Waals surface area contributed by atoms with Crippen molar-refractivity contribution in [2.75, 3.05) is 26.0 Å². The van der Waals surface area contributed by atoms with Crippen LogP contribution in [-0.2, 0) is 16.1 Å². The lowest BCUT2D eigenvalue weighted by Crippen LogP contribution is -2.53. The van der Waals surface area contributed by atoms with Gasteiger partial charge in [-0.3, -0.25) is 19.1 Å². The van der Waals surface area contributed by atoms with E-state index in [2.05, 4.69) is 53.1 Å². The number of likely N-dealkylation sites (tertiary alicyclic amines) is 1. The highest BCUT2D eigenvalue weighted by atomic mass is 79.9. The molecule has 4 heterocycles. The Morgan fingerprint density at radius 3 is 2.46 bits per heavy atom. The van der Waals surface area contributed by atoms with Gasteiger partial charge in [0.25, 0.3) is 0 Å². The molecule has 0 spiro atoms. The van der Waals surface area contributed by atoms with Gasteiger partial charge in [0.1, 0.15) is 40.6 Å². The van der Waals surface area contributed by atoms with E-state index in [1.165, 1.54) is 22.6 Å². The number of anilines is 1. The Morgan fingerprint density at radius 1 is 1.11 bits per heavy atom. The second-order valence-corrected chi connectivity index (χ2v) is 13.0. The minimum Gasteiger partial charge on any atom is -0.314 e. The van der Waals surface area contributed by atoms with Gasteiger partial charge in [0, 0.05) is 36.8 Å². The fraction of sp³-hybridized carbons (Fsp3) is 0.364. The number of halogens is 2. The van der Waals surface area contributed by atoms with Crippen LogP contribution in [0.5, 0.6) is 0 Å². The van der Waals surface area contributed by atoms with Gasteiger partial charge in [0.15, 0.2) is 11.6 Å². The van der Waals surface area contributed by atoms with Gasteiger partial charge in [0.05, 0.1) is 10.9 Å². The molecule has 11 nitrogen and oxygen atoms in total. The summed E-state index contributed by atoms with van der Waals surface area (Å²) < 4.78 is 15.5. The van der Waals surface area contributed by atoms with Crippen LogP contribution in [0.1, 0.15) is 40.8 Å². The van der Waals surface area contributed by atoms with Crippen LogP contribution in [0, 0.1) is 43.8 Å². The smallest absolute Gasteiger partial charge is 0.248 e. The molecule has 1 aromatic carbocycles. The molecule has 6 rings (SSSR count). The Hall–Kier alpha value is -4.54. The maximum atomic E-state index is 14.2. The average Bonchev–Trinajstić information content (AvgIpc) is 3.45. The molecule has 1 saturated heterocycles. The lowest BCUT2D eigenvalue weighted by Gasteiger charge is -2.38. The molecule has 0 bridgehead atoms. The van der Waals surface area contributed by atoms with E-state index in [0.29, 0.717) is 35.3 Å². The van der Waals surface area contributed by atoms with Crippen molar-refractivity contribution in [1.29, 1.82) is 0 Å². The van der Waals surface area contributed by atoms with Crippen LogP contribution in [0.4, 0.5) is 10.2 Å². The number of rotatable bonds is 8. The Labute approximate surface area is 273 Å². The van der Waals surface area contributed by atoms with Gasteiger partial charge in [-0.15, -0.1) is 0 Å². The van der Waals surface area contributed by atoms with Gasteiger partial charge < -0.3 is 15.1 Å². The predicted molar refractivity (Wildman–Crippen MR) is 173 cm³/mol. The molecule has 1 fully saturated rings. The zero-order chi connectivity index (χ0) is 33.1. The van der Waals surface area contributed by atoms with E-state index in [0.717, 1.165) is 16.7 Å². The van der Waals surface area contributed by atoms with Gasteiger partial charge in [0.2, 0.25) is 11.8 Å². The van der Waals surface area contributed by atoms with Crippen molar-refractivity contribution in [3.8, 4) is 23.0 Å². The van der Waals surface area contributed by atoms with Crippen LogP contribution in [0.3, 0.4) is 0 Å². The van der Waals surface area contributed by atoms with E-state index >= 15 is 0 Å². The van der Waals surface area contributed by atoms with Crippen LogP contribution in [-0.4, -0.2) is 84.9 Å². The van der Waals surface area contributed by atoms with Crippen LogP contribution < -0.4 is 5.32 Å². The molecule has 2 aliphatic rings. The number of aromatic nitrogens is 5. The average molecular weight is 688 g/mol. The molecule has 1 N–H and O–H groups in total. The molecular weight excluding hydrogens is 655 g/mol. The molecule has 2 amide bonds. The lowest BCUT2D eigenvalue weighted by molar-refractivity contribution is -0.138. The first kappa shape index (κ1) is 31.4. The van der Waals surface area contributed by atoms with E-state index in [4.69, 9.17) is 0 Å². The summed E-state index contributed by atoms with van der Waals surface area (Å²) in [6.45, 7) is 7.13. The third kappa shape index (κ3) is 5.45. The second kappa shape index (κ2) is 11.7. The molecule has 46 heavy (non-hydrogen) atoms. The molecule has 0 unspecified atom stereocenters. The van der Waals surface area contributed by atoms with Gasteiger partial charge >= 0.3 is 0 Å². The summed E-state index contributed by atoms with van der Waals surface area (Å²) >= 11 is 3.08. The normalized spacial score (nSPS) is 19.9. The number of hydrogen-bond acceptors (Lipinski definition) is 8. The van der Waals surface area contributed by atoms with Crippen molar-refractivity contribution in [2.45, 2.75) is 52.7 Å². The molecule has 0 radical (unpaired) electrons. The Morgan fingerprint density at radius 2 is 1.83 bits per heavy atom. The zero-order valence-corrected chi connectivity index (χ0v) is 27.9. The number of amides is 2. The number of pyridine rings is 1. The number of benzene rings is 1. The van der Waals surface area contributed by atoms with Gasteiger partial charge in [-0.25, -0.2) is 19.3 Å². The fourth-order valence-corrected chi connectivity index (χ4v) is 6.75. The maximum Gasteiger partial charge on any atom is 0.248 e. The minimum atomic E-state index is -0.881. The molecule has 1 aliphatic carbocycles. The van der Waals surface area contributed by atoms with E-state index < -0.39 is 29.2 Å². The summed E-state index contributed by atoms with van der Waals surface area (Å²) in [5.41, 5.74) is 3.16. The van der Waals surface area contributed by atoms with Gasteiger partial charge in [-0.2, -0.15) is 5.10 Å². The van der Waals surface area contributed by atoms with Crippen molar-refractivity contribution in [3.05, 3.63) is 63.7 Å². The topological polar surface area (TPSA) is 126 Å². The zero-order valence-electron chi connectivity index (χ0n) is 26.3. The number of carbonyl (C=O) groups is 3. The highest BCUT2D eigenvalue weighted by Gasteiger charge is 2.58. The summed E-state index contributed by atoms with van der Waals surface area (Å²) in [4.78, 5) is 57.1. The quantitative estimate of drug-likeness (QED) is 0.167. The van der Waals surface area contributed by atoms with Crippen LogP contribution in [0.2, 0.25) is 0 Å². The lowest BCUT2D eigenvalue weighted by atomic mass is 9.73. The van der Waals surface area contributed by atoms with Gasteiger partial charge in [-0.1, -0.05) is 11.8 Å². The fourth-order valence-electron chi connectivity index (χ4n) is 6.46. The highest BCUT2D eigenvalue weighted by Crippen LogP contribution is 2.46. The molecule has 4 aromatic rings. The number of carbonyl (C=O) groups excluding carboxylic acids is 3. The number of fused-ring (bicyclic) bond motifs is 2. The Balaban J connectivity index is 1.36. The summed E-state index contributed by atoms with van der Waals surface area (Å²) in [6.07, 6.45) is 3.77. The summed E-state index contributed by atoms with van der Waals surface area (Å²) in [7, 11) is 3.85. The summed E-state index contributed by atoms with van der Waals surface area (Å²) in [5, 5.41) is 8.01. The third-order valence-corrected chi connectivity index (χ3v) is 9.03. The largest absolute Gasteiger partial charge is 0.314 e. The van der Waals surface area contributed by atoms with Crippen molar-refractivity contribution in [1.82, 2.24) is 34.5 Å². The van der Waals surface area contributed by atoms with E-state index in [1.807, 2.05) is 38.1 Å². The Kier molecular flexibility index (Phi) is 7.98. The number of Topliss-reactive ketones (excluding diaryl/α,β-unsaturated/α-hetero) is 1. The molecule has 13 heteroatoms. The van der Waals surface area contributed by atoms with Crippen molar-refractivity contribution in [3.63, 3.8) is 0 Å². The molecule has 0 saturated carbocycles. The number of ketones is 1. The van der Waals surface area contributed by atoms with E-state index in [9.17, 15) is 18.8 Å². The number of hydrogen-bond donors (Lipinski definition) is 1. The first-order valence-corrected chi connectivity index (χ1v) is 15.5. The number of aryl methyl sites for hydroxylation is 3.